The summed E-state index contributed by atoms with van der Waals surface area (Å²) < 4.78 is 0. The molecule has 0 aromatic rings. The molecule has 0 bridgehead atoms. The maximum Gasteiger partial charge on any atom is 0.0663 e. The summed E-state index contributed by atoms with van der Waals surface area (Å²) in [5.41, 5.74) is 0. The second kappa shape index (κ2) is 15.7. The number of hydrogen-bond donors (Lipinski definition) is 0. The molecule has 0 fully saturated rings. The van der Waals surface area contributed by atoms with Crippen LogP contribution in [0.25, 0.3) is 0 Å². The predicted octanol–water partition coefficient (Wildman–Crippen LogP) is 2.17. The smallest absolute Gasteiger partial charge is 0.0663 e. The van der Waals surface area contributed by atoms with Gasteiger partial charge in [-0.1, -0.05) is 12.2 Å². The Labute approximate surface area is 61.7 Å². The van der Waals surface area contributed by atoms with E-state index in [2.05, 4.69) is 13.2 Å². The van der Waals surface area contributed by atoms with Crippen LogP contribution in [-0.2, 0) is 0 Å². The van der Waals surface area contributed by atoms with Crippen LogP contribution in [0.3, 0.4) is 0 Å². The van der Waals surface area contributed by atoms with Crippen molar-refractivity contribution in [2.45, 2.75) is 12.8 Å². The molecule has 2 heteroatoms. The zero-order valence-corrected chi connectivity index (χ0v) is 5.88. The van der Waals surface area contributed by atoms with Gasteiger partial charge in [0.05, 0.1) is 25.0 Å². The molecule has 0 aliphatic heterocycles. The molecule has 2 nitrogen and oxygen atoms in total. The third-order valence-corrected chi connectivity index (χ3v) is 0.471. The van der Waals surface area contributed by atoms with E-state index in [1.165, 1.54) is 0 Å². The Morgan fingerprint density at radius 1 is 1.00 bits per heavy atom. The Kier molecular flexibility index (Phi) is 17.7. The van der Waals surface area contributed by atoms with Crippen molar-refractivity contribution in [1.29, 1.82) is 10.5 Å². The summed E-state index contributed by atoms with van der Waals surface area (Å²) in [7, 11) is 0. The molecule has 0 rings (SSSR count). The van der Waals surface area contributed by atoms with Gasteiger partial charge in [-0.05, 0) is 0 Å². The second-order valence-electron chi connectivity index (χ2n) is 1.30. The number of allylic oxidation sites excluding steroid dienone is 2. The standard InChI is InChI=1S/2C4H5N/c2*1-2-3-4-5/h2*2H,1,3H2. The maximum atomic E-state index is 7.74. The summed E-state index contributed by atoms with van der Waals surface area (Å²) in [6.45, 7) is 6.66. The number of nitrogens with zero attached hydrogens (tertiary/aromatic N) is 2. The number of nitriles is 2. The van der Waals surface area contributed by atoms with E-state index in [0.29, 0.717) is 12.8 Å². The van der Waals surface area contributed by atoms with Crippen LogP contribution in [0.4, 0.5) is 0 Å². The lowest BCUT2D eigenvalue weighted by molar-refractivity contribution is 1.36. The quantitative estimate of drug-likeness (QED) is 0.543. The van der Waals surface area contributed by atoms with Gasteiger partial charge in [-0.3, -0.25) is 0 Å². The number of rotatable bonds is 2. The van der Waals surface area contributed by atoms with Crippen LogP contribution in [0, 0.1) is 22.7 Å². The van der Waals surface area contributed by atoms with E-state index < -0.39 is 0 Å². The van der Waals surface area contributed by atoms with Crippen molar-refractivity contribution < 1.29 is 0 Å². The molecule has 0 aromatic heterocycles. The zero-order valence-electron chi connectivity index (χ0n) is 5.88. The minimum absolute atomic E-state index is 0.458. The minimum atomic E-state index is 0.458. The van der Waals surface area contributed by atoms with E-state index in [-0.39, 0.29) is 0 Å². The lowest BCUT2D eigenvalue weighted by atomic mass is 10.5. The monoisotopic (exact) mass is 134 g/mol. The van der Waals surface area contributed by atoms with Gasteiger partial charge in [-0.25, -0.2) is 0 Å². The highest BCUT2D eigenvalue weighted by atomic mass is 14.2. The summed E-state index contributed by atoms with van der Waals surface area (Å²) in [5.74, 6) is 0. The molecule has 0 N–H and O–H groups in total. The zero-order chi connectivity index (χ0) is 8.24. The van der Waals surface area contributed by atoms with Crippen LogP contribution in [0.5, 0.6) is 0 Å². The molecular weight excluding hydrogens is 124 g/mol. The molecule has 0 spiro atoms. The van der Waals surface area contributed by atoms with E-state index >= 15 is 0 Å². The molecular formula is C8H10N2. The van der Waals surface area contributed by atoms with E-state index in [1.807, 2.05) is 12.1 Å². The Morgan fingerprint density at radius 3 is 1.30 bits per heavy atom. The minimum Gasteiger partial charge on any atom is -0.198 e. The molecule has 0 atom stereocenters. The van der Waals surface area contributed by atoms with Crippen molar-refractivity contribution in [3.05, 3.63) is 25.3 Å². The predicted molar refractivity (Wildman–Crippen MR) is 40.9 cm³/mol. The largest absolute Gasteiger partial charge is 0.198 e. The first-order chi connectivity index (χ1) is 4.83. The Morgan fingerprint density at radius 2 is 1.30 bits per heavy atom. The topological polar surface area (TPSA) is 47.6 Å². The van der Waals surface area contributed by atoms with Gasteiger partial charge in [0, 0.05) is 0 Å². The third-order valence-electron chi connectivity index (χ3n) is 0.471. The Balaban J connectivity index is 0. The van der Waals surface area contributed by atoms with Crippen molar-refractivity contribution in [1.82, 2.24) is 0 Å². The van der Waals surface area contributed by atoms with Crippen molar-refractivity contribution in [2.75, 3.05) is 0 Å². The van der Waals surface area contributed by atoms with Gasteiger partial charge >= 0.3 is 0 Å². The van der Waals surface area contributed by atoms with Gasteiger partial charge in [-0.2, -0.15) is 10.5 Å². The lowest BCUT2D eigenvalue weighted by Gasteiger charge is -1.55. The van der Waals surface area contributed by atoms with Crippen LogP contribution in [0.15, 0.2) is 25.3 Å². The van der Waals surface area contributed by atoms with E-state index in [1.54, 1.807) is 12.2 Å². The summed E-state index contributed by atoms with van der Waals surface area (Å²) in [5, 5.41) is 15.5. The molecule has 0 heterocycles. The first-order valence-electron chi connectivity index (χ1n) is 2.79. The molecule has 0 radical (unpaired) electrons. The highest BCUT2D eigenvalue weighted by molar-refractivity contribution is 4.82. The first-order valence-corrected chi connectivity index (χ1v) is 2.79. The fraction of sp³-hybridized carbons (Fsp3) is 0.250. The highest BCUT2D eigenvalue weighted by Gasteiger charge is 1.57. The lowest BCUT2D eigenvalue weighted by Crippen LogP contribution is -1.45. The van der Waals surface area contributed by atoms with Gasteiger partial charge < -0.3 is 0 Å². The van der Waals surface area contributed by atoms with E-state index in [9.17, 15) is 0 Å². The van der Waals surface area contributed by atoms with Crippen molar-refractivity contribution >= 4 is 0 Å². The average Bonchev–Trinajstić information content (AvgIpc) is 1.93. The summed E-state index contributed by atoms with van der Waals surface area (Å²) >= 11 is 0. The molecule has 52 valence electrons. The summed E-state index contributed by atoms with van der Waals surface area (Å²) in [6, 6.07) is 3.80. The van der Waals surface area contributed by atoms with Crippen molar-refractivity contribution in [2.24, 2.45) is 0 Å². The third kappa shape index (κ3) is 31.8. The fourth-order valence-electron chi connectivity index (χ4n) is 0.129. The SMILES string of the molecule is C=CCC#N.C=CCC#N. The van der Waals surface area contributed by atoms with Gasteiger partial charge in [-0.15, -0.1) is 13.2 Å². The summed E-state index contributed by atoms with van der Waals surface area (Å²) in [4.78, 5) is 0. The fourth-order valence-corrected chi connectivity index (χ4v) is 0.129. The van der Waals surface area contributed by atoms with Gasteiger partial charge in [0.15, 0.2) is 0 Å². The van der Waals surface area contributed by atoms with Crippen molar-refractivity contribution in [3.63, 3.8) is 0 Å². The average molecular weight is 134 g/mol. The van der Waals surface area contributed by atoms with Crippen LogP contribution < -0.4 is 0 Å². The summed E-state index contributed by atoms with van der Waals surface area (Å²) in [6.07, 6.45) is 4.06. The molecule has 0 aliphatic carbocycles. The van der Waals surface area contributed by atoms with E-state index in [4.69, 9.17) is 10.5 Å². The molecule has 0 amide bonds. The Hall–Kier alpha value is -1.54. The molecule has 0 aromatic carbocycles. The van der Waals surface area contributed by atoms with Gasteiger partial charge in [0.25, 0.3) is 0 Å². The van der Waals surface area contributed by atoms with Crippen LogP contribution in [-0.4, -0.2) is 0 Å². The van der Waals surface area contributed by atoms with E-state index in [0.717, 1.165) is 0 Å². The normalized spacial score (nSPS) is 5.40. The maximum absolute atomic E-state index is 7.74. The van der Waals surface area contributed by atoms with Crippen LogP contribution >= 0.6 is 0 Å². The highest BCUT2D eigenvalue weighted by Crippen LogP contribution is 1.68. The molecule has 10 heavy (non-hydrogen) atoms. The van der Waals surface area contributed by atoms with Crippen LogP contribution in [0.1, 0.15) is 12.8 Å². The second-order valence-corrected chi connectivity index (χ2v) is 1.30. The molecule has 0 unspecified atom stereocenters. The molecule has 0 aliphatic rings. The number of hydrogen-bond acceptors (Lipinski definition) is 2. The Bertz CT molecular complexity index is 137. The van der Waals surface area contributed by atoms with Gasteiger partial charge in [0.1, 0.15) is 0 Å². The first kappa shape index (κ1) is 11.3. The van der Waals surface area contributed by atoms with Crippen LogP contribution in [0.2, 0.25) is 0 Å². The van der Waals surface area contributed by atoms with Gasteiger partial charge in [0.2, 0.25) is 0 Å². The van der Waals surface area contributed by atoms with Crippen molar-refractivity contribution in [3.8, 4) is 12.1 Å². The molecule has 0 saturated carbocycles. The molecule has 0 saturated heterocycles.